The summed E-state index contributed by atoms with van der Waals surface area (Å²) in [7, 11) is 0. The maximum absolute atomic E-state index is 15.3. The predicted molar refractivity (Wildman–Crippen MR) is 126 cm³/mol. The van der Waals surface area contributed by atoms with E-state index in [0.29, 0.717) is 17.9 Å². The van der Waals surface area contributed by atoms with Crippen molar-refractivity contribution in [3.63, 3.8) is 0 Å². The van der Waals surface area contributed by atoms with E-state index >= 15 is 4.39 Å². The average Bonchev–Trinajstić information content (AvgIpc) is 2.80. The third kappa shape index (κ3) is 6.11. The first-order valence-electron chi connectivity index (χ1n) is 13.2. The van der Waals surface area contributed by atoms with Crippen LogP contribution in [0, 0.1) is 23.0 Å². The van der Waals surface area contributed by atoms with Crippen LogP contribution < -0.4 is 4.74 Å². The van der Waals surface area contributed by atoms with Gasteiger partial charge < -0.3 is 4.74 Å². The average molecular weight is 449 g/mol. The maximum Gasteiger partial charge on any atom is 0.317 e. The highest BCUT2D eigenvalue weighted by Gasteiger charge is 2.41. The van der Waals surface area contributed by atoms with Crippen molar-refractivity contribution in [3.8, 4) is 5.75 Å². The summed E-state index contributed by atoms with van der Waals surface area (Å²) in [5, 5.41) is 0. The maximum atomic E-state index is 15.3. The van der Waals surface area contributed by atoms with E-state index in [1.807, 2.05) is 0 Å². The lowest BCUT2D eigenvalue weighted by molar-refractivity contribution is -0.149. The first-order valence-corrected chi connectivity index (χ1v) is 13.2. The van der Waals surface area contributed by atoms with Crippen molar-refractivity contribution in [3.05, 3.63) is 28.8 Å². The minimum Gasteiger partial charge on any atom is -0.420 e. The summed E-state index contributed by atoms with van der Waals surface area (Å²) in [4.78, 5) is 13.2. The highest BCUT2D eigenvalue weighted by Crippen LogP contribution is 2.43. The molecule has 0 amide bonds. The minimum absolute atomic E-state index is 0.421. The molecule has 0 spiro atoms. The monoisotopic (exact) mass is 448 g/mol. The summed E-state index contributed by atoms with van der Waals surface area (Å²) in [6.45, 7) is 4.34. The lowest BCUT2D eigenvalue weighted by atomic mass is 9.71. The van der Waals surface area contributed by atoms with Crippen molar-refractivity contribution in [2.24, 2.45) is 11.3 Å². The number of fused-ring (bicyclic) bond motifs is 1. The van der Waals surface area contributed by atoms with Crippen molar-refractivity contribution < 1.29 is 18.3 Å². The molecule has 180 valence electrons. The summed E-state index contributed by atoms with van der Waals surface area (Å²) >= 11 is 0. The number of benzene rings is 1. The molecule has 1 fully saturated rings. The Kier molecular flexibility index (Phi) is 9.55. The number of halogens is 2. The van der Waals surface area contributed by atoms with Crippen LogP contribution in [0.4, 0.5) is 8.78 Å². The number of rotatable bonds is 11. The van der Waals surface area contributed by atoms with Crippen LogP contribution in [0.2, 0.25) is 0 Å². The summed E-state index contributed by atoms with van der Waals surface area (Å²) in [6.07, 6.45) is 16.7. The van der Waals surface area contributed by atoms with E-state index in [1.54, 1.807) is 0 Å². The van der Waals surface area contributed by atoms with Gasteiger partial charge in [-0.1, -0.05) is 84.5 Å². The zero-order valence-electron chi connectivity index (χ0n) is 20.2. The topological polar surface area (TPSA) is 26.3 Å². The van der Waals surface area contributed by atoms with E-state index in [2.05, 4.69) is 13.8 Å². The number of esters is 1. The highest BCUT2D eigenvalue weighted by molar-refractivity contribution is 5.79. The molecule has 3 rings (SSSR count). The number of hydrogen-bond donors (Lipinski definition) is 0. The van der Waals surface area contributed by atoms with Gasteiger partial charge in [0.2, 0.25) is 5.75 Å². The van der Waals surface area contributed by atoms with Gasteiger partial charge in [0.05, 0.1) is 5.41 Å². The van der Waals surface area contributed by atoms with Gasteiger partial charge in [0, 0.05) is 0 Å². The van der Waals surface area contributed by atoms with Gasteiger partial charge in [-0.15, -0.1) is 0 Å². The molecule has 1 aromatic rings. The zero-order chi connectivity index (χ0) is 23.0. The smallest absolute Gasteiger partial charge is 0.317 e. The third-order valence-electron chi connectivity index (χ3n) is 7.84. The van der Waals surface area contributed by atoms with Crippen molar-refractivity contribution in [2.45, 2.75) is 123 Å². The lowest BCUT2D eigenvalue weighted by Crippen LogP contribution is -2.37. The molecule has 0 bridgehead atoms. The largest absolute Gasteiger partial charge is 0.420 e. The fourth-order valence-electron chi connectivity index (χ4n) is 5.80. The number of ether oxygens (including phenoxy) is 1. The molecule has 0 heterocycles. The van der Waals surface area contributed by atoms with Crippen molar-refractivity contribution in [1.29, 1.82) is 0 Å². The molecular formula is C28H42F2O2. The summed E-state index contributed by atoms with van der Waals surface area (Å²) in [5.74, 6) is -1.75. The van der Waals surface area contributed by atoms with E-state index in [9.17, 15) is 9.18 Å². The second kappa shape index (κ2) is 12.1. The Bertz CT molecular complexity index is 752. The molecule has 2 nitrogen and oxygen atoms in total. The van der Waals surface area contributed by atoms with E-state index in [1.165, 1.54) is 31.7 Å². The van der Waals surface area contributed by atoms with Crippen molar-refractivity contribution in [1.82, 2.24) is 0 Å². The Balaban J connectivity index is 1.71. The quantitative estimate of drug-likeness (QED) is 0.193. The van der Waals surface area contributed by atoms with Crippen molar-refractivity contribution in [2.75, 3.05) is 0 Å². The van der Waals surface area contributed by atoms with E-state index < -0.39 is 28.8 Å². The Morgan fingerprint density at radius 1 is 1.03 bits per heavy atom. The normalized spacial score (nSPS) is 20.1. The highest BCUT2D eigenvalue weighted by atomic mass is 19.1. The molecular weight excluding hydrogens is 406 g/mol. The minimum atomic E-state index is -0.722. The third-order valence-corrected chi connectivity index (χ3v) is 7.84. The number of carbonyl (C=O) groups is 1. The van der Waals surface area contributed by atoms with Gasteiger partial charge >= 0.3 is 5.97 Å². The SMILES string of the molecule is CCCCCCC1CCc2c(cc(F)c(OC(=O)C3(CCCCC)CCCCC3)c2F)C1. The van der Waals surface area contributed by atoms with E-state index in [0.717, 1.165) is 82.6 Å². The Labute approximate surface area is 193 Å². The van der Waals surface area contributed by atoms with E-state index in [4.69, 9.17) is 4.74 Å². The van der Waals surface area contributed by atoms with Gasteiger partial charge in [-0.3, -0.25) is 4.79 Å². The first-order chi connectivity index (χ1) is 15.5. The molecule has 0 N–H and O–H groups in total. The van der Waals surface area contributed by atoms with Crippen LogP contribution in [-0.4, -0.2) is 5.97 Å². The number of unbranched alkanes of at least 4 members (excludes halogenated alkanes) is 5. The van der Waals surface area contributed by atoms with Gasteiger partial charge in [-0.05, 0) is 61.6 Å². The van der Waals surface area contributed by atoms with Crippen LogP contribution in [0.3, 0.4) is 0 Å². The van der Waals surface area contributed by atoms with Crippen LogP contribution in [0.1, 0.15) is 121 Å². The number of hydrogen-bond acceptors (Lipinski definition) is 2. The molecule has 1 saturated carbocycles. The van der Waals surface area contributed by atoms with E-state index in [-0.39, 0.29) is 0 Å². The standard InChI is InChI=1S/C28H42F2O2/c1-3-5-7-9-13-21-14-15-23-22(19-21)20-24(29)26(25(23)30)32-27(31)28(16-10-6-4-2)17-11-8-12-18-28/h20-21H,3-19H2,1-2H3. The molecule has 4 heteroatoms. The summed E-state index contributed by atoms with van der Waals surface area (Å²) in [6, 6.07) is 1.43. The Morgan fingerprint density at radius 3 is 2.47 bits per heavy atom. The molecule has 1 atom stereocenters. The molecule has 0 radical (unpaired) electrons. The fraction of sp³-hybridized carbons (Fsp3) is 0.750. The molecule has 0 saturated heterocycles. The number of carbonyl (C=O) groups excluding carboxylic acids is 1. The zero-order valence-corrected chi connectivity index (χ0v) is 20.2. The van der Waals surface area contributed by atoms with Crippen molar-refractivity contribution >= 4 is 5.97 Å². The van der Waals surface area contributed by atoms with Crippen LogP contribution in [0.25, 0.3) is 0 Å². The van der Waals surface area contributed by atoms with Gasteiger partial charge in [0.25, 0.3) is 0 Å². The van der Waals surface area contributed by atoms with Crippen LogP contribution >= 0.6 is 0 Å². The first kappa shape index (κ1) is 25.2. The van der Waals surface area contributed by atoms with Gasteiger partial charge in [-0.25, -0.2) is 8.78 Å². The molecule has 2 aliphatic carbocycles. The molecule has 2 aliphatic rings. The van der Waals surface area contributed by atoms with Gasteiger partial charge in [0.1, 0.15) is 0 Å². The second-order valence-electron chi connectivity index (χ2n) is 10.3. The van der Waals surface area contributed by atoms with Crippen LogP contribution in [0.5, 0.6) is 5.75 Å². The van der Waals surface area contributed by atoms with Gasteiger partial charge in [-0.2, -0.15) is 0 Å². The van der Waals surface area contributed by atoms with Crippen LogP contribution in [0.15, 0.2) is 6.07 Å². The van der Waals surface area contributed by atoms with Crippen LogP contribution in [-0.2, 0) is 17.6 Å². The lowest BCUT2D eigenvalue weighted by Gasteiger charge is -2.35. The summed E-state index contributed by atoms with van der Waals surface area (Å²) < 4.78 is 35.8. The predicted octanol–water partition coefficient (Wildman–Crippen LogP) is 8.48. The summed E-state index contributed by atoms with van der Waals surface area (Å²) in [5.41, 5.74) is 0.746. The molecule has 1 unspecified atom stereocenters. The Hall–Kier alpha value is -1.45. The second-order valence-corrected chi connectivity index (χ2v) is 10.3. The molecule has 32 heavy (non-hydrogen) atoms. The van der Waals surface area contributed by atoms with Gasteiger partial charge in [0.15, 0.2) is 11.6 Å². The Morgan fingerprint density at radius 2 is 1.75 bits per heavy atom. The fourth-order valence-corrected chi connectivity index (χ4v) is 5.80. The molecule has 1 aromatic carbocycles. The molecule has 0 aromatic heterocycles. The molecule has 0 aliphatic heterocycles.